The standard InChI is InChI=1S/C18H21N3OS.H2O4S/c1-4-21(5-2)12-7-8-14-17(9-12)23-18-10-13(19)16(22-6-3)11-15(18)20-14;1-5(2,3)4/h7-11,19H,4-6H2,1-3H3;(H2,1,2,3,4). The molecule has 0 aromatic heterocycles. The highest BCUT2D eigenvalue weighted by molar-refractivity contribution is 7.79. The highest BCUT2D eigenvalue weighted by atomic mass is 32.3. The third kappa shape index (κ3) is 5.86. The van der Waals surface area contributed by atoms with Gasteiger partial charge in [0, 0.05) is 18.2 Å². The second kappa shape index (κ2) is 9.28. The molecule has 3 N–H and O–H groups in total. The van der Waals surface area contributed by atoms with Crippen molar-refractivity contribution in [3.8, 4) is 16.3 Å². The van der Waals surface area contributed by atoms with Crippen LogP contribution in [-0.4, -0.2) is 42.2 Å². The van der Waals surface area contributed by atoms with Crippen molar-refractivity contribution < 1.29 is 22.3 Å². The van der Waals surface area contributed by atoms with E-state index in [-0.39, 0.29) is 0 Å². The number of nitrogens with zero attached hydrogens (tertiary/aromatic N) is 2. The van der Waals surface area contributed by atoms with E-state index < -0.39 is 10.4 Å². The van der Waals surface area contributed by atoms with Crippen LogP contribution in [-0.2, 0) is 10.4 Å². The lowest BCUT2D eigenvalue weighted by Crippen LogP contribution is -2.29. The van der Waals surface area contributed by atoms with Crippen LogP contribution >= 0.6 is 11.3 Å². The molecule has 0 bridgehead atoms. The third-order valence-corrected chi connectivity index (χ3v) is 5.02. The minimum absolute atomic E-state index is 0.597. The Bertz CT molecular complexity index is 1100. The first-order valence-corrected chi connectivity index (χ1v) is 10.9. The minimum atomic E-state index is -4.92. The summed E-state index contributed by atoms with van der Waals surface area (Å²) in [4.78, 5) is 5.94. The van der Waals surface area contributed by atoms with E-state index in [0.717, 1.165) is 29.0 Å². The van der Waals surface area contributed by atoms with Gasteiger partial charge in [-0.05, 0) is 32.9 Å². The maximum Gasteiger partial charge on any atom is 0.215 e. The van der Waals surface area contributed by atoms with Crippen molar-refractivity contribution in [3.63, 3.8) is 0 Å². The van der Waals surface area contributed by atoms with Crippen molar-refractivity contribution >= 4 is 37.6 Å². The fraction of sp³-hybridized carbons (Fsp3) is 0.333. The van der Waals surface area contributed by atoms with Crippen molar-refractivity contribution in [3.05, 3.63) is 35.7 Å². The van der Waals surface area contributed by atoms with Gasteiger partial charge in [0.2, 0.25) is 15.8 Å². The van der Waals surface area contributed by atoms with Gasteiger partial charge in [-0.15, -0.1) is 11.3 Å². The number of fused-ring (bicyclic) bond motifs is 2. The summed E-state index contributed by atoms with van der Waals surface area (Å²) in [6, 6.07) is 10.3. The molecule has 0 saturated heterocycles. The predicted octanol–water partition coefficient (Wildman–Crippen LogP) is 2.20. The number of hydrogen-bond donors (Lipinski definition) is 2. The molecule has 0 spiro atoms. The molecule has 1 aromatic carbocycles. The van der Waals surface area contributed by atoms with Crippen molar-refractivity contribution in [1.82, 2.24) is 9.56 Å². The molecule has 2 aliphatic rings. The molecule has 1 aromatic rings. The first-order valence-electron chi connectivity index (χ1n) is 8.69. The van der Waals surface area contributed by atoms with Gasteiger partial charge in [0.25, 0.3) is 0 Å². The molecule has 28 heavy (non-hydrogen) atoms. The lowest BCUT2D eigenvalue weighted by molar-refractivity contribution is 0.342. The highest BCUT2D eigenvalue weighted by Crippen LogP contribution is 2.34. The summed E-state index contributed by atoms with van der Waals surface area (Å²) in [5.74, 6) is 0.707. The van der Waals surface area contributed by atoms with Gasteiger partial charge in [0.05, 0.1) is 33.1 Å². The van der Waals surface area contributed by atoms with Gasteiger partial charge >= 0.3 is 0 Å². The van der Waals surface area contributed by atoms with Crippen LogP contribution in [0.4, 0.5) is 5.69 Å². The van der Waals surface area contributed by atoms with Gasteiger partial charge in [-0.2, -0.15) is 0 Å². The molecule has 0 fully saturated rings. The van der Waals surface area contributed by atoms with Crippen LogP contribution in [0.15, 0.2) is 30.3 Å². The Morgan fingerprint density at radius 3 is 2.43 bits per heavy atom. The van der Waals surface area contributed by atoms with Gasteiger partial charge in [-0.3, -0.25) is 4.55 Å². The van der Waals surface area contributed by atoms with Gasteiger partial charge in [-0.25, -0.2) is 18.0 Å². The van der Waals surface area contributed by atoms with E-state index in [1.165, 1.54) is 10.2 Å². The van der Waals surface area contributed by atoms with Crippen LogP contribution in [0.2, 0.25) is 0 Å². The number of hydrogen-bond acceptors (Lipinski definition) is 7. The Kier molecular flexibility index (Phi) is 7.30. The maximum absolute atomic E-state index is 8.63. The van der Waals surface area contributed by atoms with Gasteiger partial charge in [0.15, 0.2) is 0 Å². The molecule has 0 amide bonds. The molecule has 10 heteroatoms. The third-order valence-electron chi connectivity index (χ3n) is 3.92. The SMILES string of the molecule is CCOc1cc2nc3ccc(=[N+](CC)CC)cc-3sc2cc1N.O=S(=O)([O-])O. The summed E-state index contributed by atoms with van der Waals surface area (Å²) in [5, 5.41) is 1.24. The first-order chi connectivity index (χ1) is 13.2. The molecule has 1 aliphatic heterocycles. The molecule has 1 heterocycles. The van der Waals surface area contributed by atoms with Gasteiger partial charge in [-0.1, -0.05) is 0 Å². The normalized spacial score (nSPS) is 11.2. The van der Waals surface area contributed by atoms with E-state index in [1.54, 1.807) is 11.3 Å². The molecule has 3 rings (SSSR count). The summed E-state index contributed by atoms with van der Waals surface area (Å²) in [6.45, 7) is 8.89. The second-order valence-electron chi connectivity index (χ2n) is 5.76. The zero-order valence-electron chi connectivity index (χ0n) is 15.9. The molecular formula is C18H23N3O5S2. The van der Waals surface area contributed by atoms with E-state index in [0.29, 0.717) is 18.0 Å². The molecule has 1 aliphatic carbocycles. The quantitative estimate of drug-likeness (QED) is 0.215. The summed E-state index contributed by atoms with van der Waals surface area (Å²) in [5.41, 5.74) is 8.68. The fourth-order valence-electron chi connectivity index (χ4n) is 2.73. The van der Waals surface area contributed by atoms with Crippen molar-refractivity contribution in [1.29, 1.82) is 0 Å². The molecular weight excluding hydrogens is 402 g/mol. The smallest absolute Gasteiger partial charge is 0.215 e. The molecule has 0 saturated carbocycles. The van der Waals surface area contributed by atoms with E-state index in [4.69, 9.17) is 33.0 Å². The number of aromatic nitrogens is 1. The van der Waals surface area contributed by atoms with E-state index in [1.807, 2.05) is 19.1 Å². The monoisotopic (exact) mass is 425 g/mol. The first kappa shape index (κ1) is 22.0. The van der Waals surface area contributed by atoms with Crippen LogP contribution in [0.1, 0.15) is 20.8 Å². The number of benzene rings is 2. The van der Waals surface area contributed by atoms with Crippen molar-refractivity contribution in [2.24, 2.45) is 0 Å². The minimum Gasteiger partial charge on any atom is -0.726 e. The summed E-state index contributed by atoms with van der Waals surface area (Å²) in [7, 11) is -4.92. The van der Waals surface area contributed by atoms with E-state index >= 15 is 0 Å². The Labute approximate surface area is 167 Å². The molecule has 8 nitrogen and oxygen atoms in total. The lowest BCUT2D eigenvalue weighted by Gasteiger charge is -2.10. The number of nitrogen functional groups attached to an aromatic ring is 1. The predicted molar refractivity (Wildman–Crippen MR) is 111 cm³/mol. The van der Waals surface area contributed by atoms with Crippen LogP contribution in [0.25, 0.3) is 20.8 Å². The van der Waals surface area contributed by atoms with E-state index in [2.05, 4.69) is 36.6 Å². The number of rotatable bonds is 4. The molecule has 152 valence electrons. The lowest BCUT2D eigenvalue weighted by atomic mass is 10.2. The Balaban J connectivity index is 0.000000500. The number of ether oxygens (including phenoxy) is 1. The summed E-state index contributed by atoms with van der Waals surface area (Å²) < 4.78 is 41.8. The highest BCUT2D eigenvalue weighted by Gasteiger charge is 2.12. The van der Waals surface area contributed by atoms with Crippen LogP contribution in [0.5, 0.6) is 5.75 Å². The van der Waals surface area contributed by atoms with Crippen LogP contribution in [0, 0.1) is 0 Å². The van der Waals surface area contributed by atoms with Gasteiger partial charge < -0.3 is 15.0 Å². The number of nitrogens with two attached hydrogens (primary N) is 1. The maximum atomic E-state index is 8.63. The van der Waals surface area contributed by atoms with Crippen molar-refractivity contribution in [2.45, 2.75) is 20.8 Å². The Hall–Kier alpha value is -2.27. The summed E-state index contributed by atoms with van der Waals surface area (Å²) >= 11 is 1.72. The average Bonchev–Trinajstić information content (AvgIpc) is 2.61. The Morgan fingerprint density at radius 2 is 1.86 bits per heavy atom. The molecule has 0 atom stereocenters. The van der Waals surface area contributed by atoms with Crippen LogP contribution in [0.3, 0.4) is 0 Å². The molecule has 0 unspecified atom stereocenters. The largest absolute Gasteiger partial charge is 0.726 e. The van der Waals surface area contributed by atoms with Crippen molar-refractivity contribution in [2.75, 3.05) is 25.4 Å². The molecule has 0 radical (unpaired) electrons. The second-order valence-corrected chi connectivity index (χ2v) is 7.70. The summed E-state index contributed by atoms with van der Waals surface area (Å²) in [6.07, 6.45) is 0. The van der Waals surface area contributed by atoms with E-state index in [9.17, 15) is 0 Å². The zero-order chi connectivity index (χ0) is 20.9. The van der Waals surface area contributed by atoms with Gasteiger partial charge in [0.1, 0.15) is 18.8 Å². The fourth-order valence-corrected chi connectivity index (χ4v) is 3.76. The zero-order valence-corrected chi connectivity index (χ0v) is 17.5. The number of anilines is 1. The van der Waals surface area contributed by atoms with Crippen LogP contribution < -0.4 is 20.4 Å². The topological polar surface area (TPSA) is 129 Å². The average molecular weight is 426 g/mol. The Morgan fingerprint density at radius 1 is 1.21 bits per heavy atom.